The van der Waals surface area contributed by atoms with Crippen molar-refractivity contribution < 1.29 is 13.5 Å². The molecule has 2 rings (SSSR count). The van der Waals surface area contributed by atoms with Crippen LogP contribution in [0, 0.1) is 0 Å². The highest BCUT2D eigenvalue weighted by Gasteiger charge is 2.20. The van der Waals surface area contributed by atoms with Gasteiger partial charge in [0, 0.05) is 29.5 Å². The lowest BCUT2D eigenvalue weighted by Crippen LogP contribution is -2.20. The molecule has 1 fully saturated rings. The molecule has 6 heteroatoms. The van der Waals surface area contributed by atoms with Crippen LogP contribution in [0.3, 0.4) is 0 Å². The first kappa shape index (κ1) is 11.7. The monoisotopic (exact) mass is 261 g/mol. The summed E-state index contributed by atoms with van der Waals surface area (Å²) in [7, 11) is 1.56. The number of anilines is 1. The van der Waals surface area contributed by atoms with Crippen molar-refractivity contribution in [1.29, 1.82) is 0 Å². The number of aliphatic hydroxyl groups excluding tert-OH is 1. The van der Waals surface area contributed by atoms with E-state index in [1.54, 1.807) is 12.1 Å². The van der Waals surface area contributed by atoms with Gasteiger partial charge in [-0.25, -0.2) is 8.42 Å². The molecule has 0 saturated carbocycles. The molecular weight excluding hydrogens is 250 g/mol. The fraction of sp³-hybridized carbons (Fsp3) is 0.400. The van der Waals surface area contributed by atoms with Crippen LogP contribution in [0.2, 0.25) is 0 Å². The van der Waals surface area contributed by atoms with Crippen LogP contribution in [0.15, 0.2) is 29.2 Å². The molecule has 1 aromatic carbocycles. The highest BCUT2D eigenvalue weighted by atomic mass is 35.7. The number of β-amino-alcohol motifs (C(OH)–C–C–N with tert-alkyl or cyclic N) is 1. The van der Waals surface area contributed by atoms with Gasteiger partial charge in [-0.1, -0.05) is 0 Å². The Morgan fingerprint density at radius 1 is 1.31 bits per heavy atom. The molecule has 1 aromatic rings. The molecule has 1 unspecified atom stereocenters. The van der Waals surface area contributed by atoms with Crippen LogP contribution in [-0.2, 0) is 9.05 Å². The van der Waals surface area contributed by atoms with Crippen LogP contribution in [-0.4, -0.2) is 32.7 Å². The average Bonchev–Trinajstić information content (AvgIpc) is 2.64. The lowest BCUT2D eigenvalue weighted by Gasteiger charge is -2.17. The molecule has 16 heavy (non-hydrogen) atoms. The highest BCUT2D eigenvalue weighted by Crippen LogP contribution is 2.23. The van der Waals surface area contributed by atoms with E-state index < -0.39 is 9.05 Å². The van der Waals surface area contributed by atoms with Crippen LogP contribution in [0.25, 0.3) is 0 Å². The second-order valence-electron chi connectivity index (χ2n) is 3.82. The van der Waals surface area contributed by atoms with E-state index in [0.29, 0.717) is 6.54 Å². The van der Waals surface area contributed by atoms with Gasteiger partial charge in [-0.3, -0.25) is 0 Å². The molecule has 0 aromatic heterocycles. The van der Waals surface area contributed by atoms with Gasteiger partial charge in [-0.2, -0.15) is 0 Å². The lowest BCUT2D eigenvalue weighted by molar-refractivity contribution is 0.198. The third-order valence-electron chi connectivity index (χ3n) is 2.65. The minimum Gasteiger partial charge on any atom is -0.391 e. The summed E-state index contributed by atoms with van der Waals surface area (Å²) in [5.74, 6) is 0. The Kier molecular flexibility index (Phi) is 3.10. The van der Waals surface area contributed by atoms with Gasteiger partial charge in [0.15, 0.2) is 0 Å². The van der Waals surface area contributed by atoms with Crippen molar-refractivity contribution >= 4 is 25.4 Å². The van der Waals surface area contributed by atoms with Crippen LogP contribution < -0.4 is 4.90 Å². The number of hydrogen-bond donors (Lipinski definition) is 1. The molecular formula is C10H12ClNO3S. The van der Waals surface area contributed by atoms with E-state index in [-0.39, 0.29) is 11.0 Å². The summed E-state index contributed by atoms with van der Waals surface area (Å²) >= 11 is 0. The van der Waals surface area contributed by atoms with Crippen molar-refractivity contribution in [2.45, 2.75) is 17.4 Å². The second-order valence-corrected chi connectivity index (χ2v) is 6.39. The Balaban J connectivity index is 2.20. The van der Waals surface area contributed by atoms with Crippen molar-refractivity contribution in [3.05, 3.63) is 24.3 Å². The van der Waals surface area contributed by atoms with Gasteiger partial charge < -0.3 is 10.0 Å². The van der Waals surface area contributed by atoms with Crippen molar-refractivity contribution in [3.63, 3.8) is 0 Å². The second kappa shape index (κ2) is 4.24. The van der Waals surface area contributed by atoms with Crippen LogP contribution in [0.5, 0.6) is 0 Å². The summed E-state index contributed by atoms with van der Waals surface area (Å²) in [6.45, 7) is 1.38. The highest BCUT2D eigenvalue weighted by molar-refractivity contribution is 8.13. The van der Waals surface area contributed by atoms with Crippen molar-refractivity contribution in [1.82, 2.24) is 0 Å². The Labute approximate surface area is 98.9 Å². The topological polar surface area (TPSA) is 57.6 Å². The Hall–Kier alpha value is -0.780. The molecule has 0 radical (unpaired) electrons. The number of hydrogen-bond acceptors (Lipinski definition) is 4. The number of benzene rings is 1. The fourth-order valence-electron chi connectivity index (χ4n) is 1.80. The molecule has 1 N–H and O–H groups in total. The zero-order valence-electron chi connectivity index (χ0n) is 8.51. The van der Waals surface area contributed by atoms with Gasteiger partial charge in [0.2, 0.25) is 0 Å². The van der Waals surface area contributed by atoms with E-state index in [0.717, 1.165) is 18.7 Å². The molecule has 4 nitrogen and oxygen atoms in total. The maximum Gasteiger partial charge on any atom is 0.261 e. The molecule has 0 spiro atoms. The Morgan fingerprint density at radius 3 is 2.38 bits per heavy atom. The molecule has 1 saturated heterocycles. The number of halogens is 1. The van der Waals surface area contributed by atoms with E-state index >= 15 is 0 Å². The van der Waals surface area contributed by atoms with E-state index in [2.05, 4.69) is 0 Å². The third kappa shape index (κ3) is 2.48. The zero-order valence-corrected chi connectivity index (χ0v) is 10.1. The summed E-state index contributed by atoms with van der Waals surface area (Å²) in [5.41, 5.74) is 0.903. The van der Waals surface area contributed by atoms with Gasteiger partial charge in [0.1, 0.15) is 0 Å². The van der Waals surface area contributed by atoms with Crippen LogP contribution in [0.1, 0.15) is 6.42 Å². The van der Waals surface area contributed by atoms with Crippen molar-refractivity contribution in [2.24, 2.45) is 0 Å². The standard InChI is InChI=1S/C10H12ClNO3S/c11-16(14,15)10-3-1-8(2-4-10)12-6-5-9(13)7-12/h1-4,9,13H,5-7H2. The fourth-order valence-corrected chi connectivity index (χ4v) is 2.57. The first-order valence-electron chi connectivity index (χ1n) is 4.94. The Morgan fingerprint density at radius 2 is 1.94 bits per heavy atom. The largest absolute Gasteiger partial charge is 0.391 e. The van der Waals surface area contributed by atoms with Gasteiger partial charge in [-0.15, -0.1) is 0 Å². The summed E-state index contributed by atoms with van der Waals surface area (Å²) in [5, 5.41) is 9.39. The van der Waals surface area contributed by atoms with Crippen LogP contribution >= 0.6 is 10.7 Å². The predicted octanol–water partition coefficient (Wildman–Crippen LogP) is 1.19. The molecule has 1 aliphatic heterocycles. The predicted molar refractivity (Wildman–Crippen MR) is 62.3 cm³/mol. The molecule has 1 atom stereocenters. The van der Waals surface area contributed by atoms with Crippen molar-refractivity contribution in [3.8, 4) is 0 Å². The molecule has 1 aliphatic rings. The van der Waals surface area contributed by atoms with E-state index in [1.165, 1.54) is 12.1 Å². The first-order chi connectivity index (χ1) is 7.47. The van der Waals surface area contributed by atoms with E-state index in [1.807, 2.05) is 4.90 Å². The zero-order chi connectivity index (χ0) is 11.8. The molecule has 0 aliphatic carbocycles. The number of aliphatic hydroxyl groups is 1. The van der Waals surface area contributed by atoms with Crippen molar-refractivity contribution in [2.75, 3.05) is 18.0 Å². The smallest absolute Gasteiger partial charge is 0.261 e. The van der Waals surface area contributed by atoms with Crippen LogP contribution in [0.4, 0.5) is 5.69 Å². The first-order valence-corrected chi connectivity index (χ1v) is 7.25. The van der Waals surface area contributed by atoms with Gasteiger partial charge in [-0.05, 0) is 30.7 Å². The maximum atomic E-state index is 11.0. The molecule has 0 amide bonds. The molecule has 1 heterocycles. The third-order valence-corrected chi connectivity index (χ3v) is 4.02. The Bertz CT molecular complexity index is 471. The summed E-state index contributed by atoms with van der Waals surface area (Å²) in [6.07, 6.45) is 0.451. The molecule has 0 bridgehead atoms. The van der Waals surface area contributed by atoms with E-state index in [9.17, 15) is 13.5 Å². The summed E-state index contributed by atoms with van der Waals surface area (Å²) in [4.78, 5) is 2.10. The number of rotatable bonds is 2. The lowest BCUT2D eigenvalue weighted by atomic mass is 10.3. The van der Waals surface area contributed by atoms with Gasteiger partial charge >= 0.3 is 0 Å². The van der Waals surface area contributed by atoms with Gasteiger partial charge in [0.25, 0.3) is 9.05 Å². The minimum absolute atomic E-state index is 0.0951. The van der Waals surface area contributed by atoms with E-state index in [4.69, 9.17) is 10.7 Å². The average molecular weight is 262 g/mol. The summed E-state index contributed by atoms with van der Waals surface area (Å²) < 4.78 is 22.1. The normalized spacial score (nSPS) is 21.4. The quantitative estimate of drug-likeness (QED) is 0.813. The SMILES string of the molecule is O=S(=O)(Cl)c1ccc(N2CCC(O)C2)cc1. The van der Waals surface area contributed by atoms with Gasteiger partial charge in [0.05, 0.1) is 11.0 Å². The minimum atomic E-state index is -3.65. The summed E-state index contributed by atoms with van der Waals surface area (Å²) in [6, 6.07) is 6.35. The number of nitrogens with zero attached hydrogens (tertiary/aromatic N) is 1. The maximum absolute atomic E-state index is 11.0. The molecule has 88 valence electrons.